The third-order valence-electron chi connectivity index (χ3n) is 4.68. The maximum Gasteiger partial charge on any atom is 0.258 e. The monoisotopic (exact) mass is 296 g/mol. The molecule has 5 nitrogen and oxygen atoms in total. The van der Waals surface area contributed by atoms with Crippen molar-refractivity contribution in [2.75, 3.05) is 6.54 Å². The number of rotatable bonds is 5. The number of aliphatic hydroxyl groups excluding tert-OH is 1. The average Bonchev–Trinajstić information content (AvgIpc) is 3.08. The molecule has 2 aliphatic rings. The standard InChI is InChI=1S/C14H20N2O3S/c17-9-11-2-4-14(15-7-11)20(18,19)16-8-13-6-10-1-3-12(13)5-10/h2,4,7,10,12-13,16-17H,1,3,5-6,8-9H2. The van der Waals surface area contributed by atoms with Crippen LogP contribution in [0, 0.1) is 17.8 Å². The molecule has 3 unspecified atom stereocenters. The second-order valence-corrected chi connectivity index (χ2v) is 7.66. The molecule has 110 valence electrons. The van der Waals surface area contributed by atoms with Crippen LogP contribution >= 0.6 is 0 Å². The lowest BCUT2D eigenvalue weighted by Gasteiger charge is -2.21. The maximum atomic E-state index is 12.2. The minimum absolute atomic E-state index is 0.0258. The van der Waals surface area contributed by atoms with Gasteiger partial charge in [-0.15, -0.1) is 0 Å². The van der Waals surface area contributed by atoms with Gasteiger partial charge in [0.15, 0.2) is 5.03 Å². The number of aliphatic hydroxyl groups is 1. The number of fused-ring (bicyclic) bond motifs is 2. The molecule has 0 spiro atoms. The van der Waals surface area contributed by atoms with E-state index < -0.39 is 10.0 Å². The highest BCUT2D eigenvalue weighted by Crippen LogP contribution is 2.47. The lowest BCUT2D eigenvalue weighted by atomic mass is 9.89. The van der Waals surface area contributed by atoms with E-state index in [2.05, 4.69) is 9.71 Å². The van der Waals surface area contributed by atoms with Gasteiger partial charge >= 0.3 is 0 Å². The summed E-state index contributed by atoms with van der Waals surface area (Å²) >= 11 is 0. The van der Waals surface area contributed by atoms with Gasteiger partial charge in [0.25, 0.3) is 10.0 Å². The summed E-state index contributed by atoms with van der Waals surface area (Å²) in [6.07, 6.45) is 6.39. The van der Waals surface area contributed by atoms with Gasteiger partial charge in [-0.25, -0.2) is 18.1 Å². The molecule has 2 N–H and O–H groups in total. The van der Waals surface area contributed by atoms with Gasteiger partial charge in [0.05, 0.1) is 6.61 Å². The van der Waals surface area contributed by atoms with Crippen LogP contribution in [0.5, 0.6) is 0 Å². The third kappa shape index (κ3) is 2.73. The van der Waals surface area contributed by atoms with Crippen molar-refractivity contribution >= 4 is 10.0 Å². The second kappa shape index (κ2) is 5.42. The Kier molecular flexibility index (Phi) is 3.79. The Morgan fingerprint density at radius 1 is 1.30 bits per heavy atom. The highest BCUT2D eigenvalue weighted by Gasteiger charge is 2.39. The molecule has 1 aromatic heterocycles. The van der Waals surface area contributed by atoms with E-state index in [1.165, 1.54) is 31.5 Å². The normalized spacial score (nSPS) is 28.9. The Bertz CT molecular complexity index is 571. The Morgan fingerprint density at radius 2 is 2.15 bits per heavy atom. The summed E-state index contributed by atoms with van der Waals surface area (Å²) in [4.78, 5) is 3.90. The van der Waals surface area contributed by atoms with E-state index in [1.54, 1.807) is 6.07 Å². The van der Waals surface area contributed by atoms with Crippen LogP contribution in [-0.2, 0) is 16.6 Å². The number of sulfonamides is 1. The molecule has 1 aromatic rings. The summed E-state index contributed by atoms with van der Waals surface area (Å²) < 4.78 is 27.0. The Balaban J connectivity index is 1.63. The summed E-state index contributed by atoms with van der Waals surface area (Å²) in [6.45, 7) is 0.388. The first-order chi connectivity index (χ1) is 9.58. The Hall–Kier alpha value is -0.980. The van der Waals surface area contributed by atoms with E-state index in [0.717, 1.165) is 12.3 Å². The molecule has 3 atom stereocenters. The Labute approximate surface area is 119 Å². The van der Waals surface area contributed by atoms with Crippen LogP contribution in [-0.4, -0.2) is 25.1 Å². The van der Waals surface area contributed by atoms with Crippen molar-refractivity contribution in [1.82, 2.24) is 9.71 Å². The van der Waals surface area contributed by atoms with E-state index in [0.29, 0.717) is 23.9 Å². The number of hydrogen-bond donors (Lipinski definition) is 2. The lowest BCUT2D eigenvalue weighted by molar-refractivity contribution is 0.281. The maximum absolute atomic E-state index is 12.2. The van der Waals surface area contributed by atoms with E-state index in [-0.39, 0.29) is 11.6 Å². The number of nitrogens with zero attached hydrogens (tertiary/aromatic N) is 1. The van der Waals surface area contributed by atoms with E-state index in [9.17, 15) is 8.42 Å². The van der Waals surface area contributed by atoms with Crippen molar-refractivity contribution in [3.8, 4) is 0 Å². The number of nitrogens with one attached hydrogen (secondary N) is 1. The molecule has 2 bridgehead atoms. The first-order valence-corrected chi connectivity index (χ1v) is 8.62. The number of hydrogen-bond acceptors (Lipinski definition) is 4. The second-order valence-electron chi connectivity index (χ2n) is 5.95. The molecule has 1 heterocycles. The van der Waals surface area contributed by atoms with Crippen molar-refractivity contribution in [3.63, 3.8) is 0 Å². The van der Waals surface area contributed by atoms with Crippen LogP contribution in [0.1, 0.15) is 31.2 Å². The summed E-state index contributed by atoms with van der Waals surface area (Å²) in [5.41, 5.74) is 0.608. The van der Waals surface area contributed by atoms with Crippen LogP contribution < -0.4 is 4.72 Å². The number of aromatic nitrogens is 1. The molecule has 3 rings (SSSR count). The predicted molar refractivity (Wildman–Crippen MR) is 74.3 cm³/mol. The highest BCUT2D eigenvalue weighted by molar-refractivity contribution is 7.89. The van der Waals surface area contributed by atoms with Crippen LogP contribution in [0.4, 0.5) is 0 Å². The van der Waals surface area contributed by atoms with Crippen molar-refractivity contribution in [3.05, 3.63) is 23.9 Å². The molecular formula is C14H20N2O3S. The molecule has 2 fully saturated rings. The minimum atomic E-state index is -3.53. The average molecular weight is 296 g/mol. The van der Waals surface area contributed by atoms with E-state index in [4.69, 9.17) is 5.11 Å². The lowest BCUT2D eigenvalue weighted by Crippen LogP contribution is -2.32. The van der Waals surface area contributed by atoms with Gasteiger partial charge < -0.3 is 5.11 Å². The summed E-state index contributed by atoms with van der Waals surface area (Å²) in [7, 11) is -3.53. The molecule has 0 saturated heterocycles. The number of pyridine rings is 1. The van der Waals surface area contributed by atoms with Crippen LogP contribution in [0.25, 0.3) is 0 Å². The van der Waals surface area contributed by atoms with Crippen molar-refractivity contribution in [1.29, 1.82) is 0 Å². The topological polar surface area (TPSA) is 79.3 Å². The predicted octanol–water partition coefficient (Wildman–Crippen LogP) is 1.29. The van der Waals surface area contributed by atoms with Gasteiger partial charge in [0.2, 0.25) is 0 Å². The SMILES string of the molecule is O=S(=O)(NCC1CC2CCC1C2)c1ccc(CO)cn1. The van der Waals surface area contributed by atoms with Crippen molar-refractivity contribution in [2.45, 2.75) is 37.3 Å². The molecule has 2 saturated carbocycles. The van der Waals surface area contributed by atoms with Crippen LogP contribution in [0.15, 0.2) is 23.4 Å². The van der Waals surface area contributed by atoms with Gasteiger partial charge in [-0.2, -0.15) is 0 Å². The van der Waals surface area contributed by atoms with Gasteiger partial charge in [-0.1, -0.05) is 12.5 Å². The molecule has 0 amide bonds. The summed E-state index contributed by atoms with van der Waals surface area (Å²) in [5, 5.41) is 8.96. The third-order valence-corrected chi connectivity index (χ3v) is 6.01. The molecule has 0 aliphatic heterocycles. The van der Waals surface area contributed by atoms with Gasteiger partial charge in [-0.3, -0.25) is 0 Å². The largest absolute Gasteiger partial charge is 0.392 e. The highest BCUT2D eigenvalue weighted by atomic mass is 32.2. The summed E-state index contributed by atoms with van der Waals surface area (Å²) in [6, 6.07) is 3.02. The summed E-state index contributed by atoms with van der Waals surface area (Å²) in [5.74, 6) is 2.00. The fourth-order valence-corrected chi connectivity index (χ4v) is 4.60. The van der Waals surface area contributed by atoms with Crippen molar-refractivity contribution in [2.24, 2.45) is 17.8 Å². The van der Waals surface area contributed by atoms with E-state index >= 15 is 0 Å². The first-order valence-electron chi connectivity index (χ1n) is 7.14. The van der Waals surface area contributed by atoms with Gasteiger partial charge in [0.1, 0.15) is 0 Å². The van der Waals surface area contributed by atoms with Gasteiger partial charge in [-0.05, 0) is 48.6 Å². The smallest absolute Gasteiger partial charge is 0.258 e. The fourth-order valence-electron chi connectivity index (χ4n) is 3.58. The Morgan fingerprint density at radius 3 is 2.70 bits per heavy atom. The molecule has 6 heteroatoms. The van der Waals surface area contributed by atoms with E-state index in [1.807, 2.05) is 0 Å². The molecular weight excluding hydrogens is 276 g/mol. The van der Waals surface area contributed by atoms with Crippen LogP contribution in [0.2, 0.25) is 0 Å². The van der Waals surface area contributed by atoms with Gasteiger partial charge in [0, 0.05) is 12.7 Å². The first kappa shape index (κ1) is 14.0. The molecule has 20 heavy (non-hydrogen) atoms. The van der Waals surface area contributed by atoms with Crippen molar-refractivity contribution < 1.29 is 13.5 Å². The zero-order valence-corrected chi connectivity index (χ0v) is 12.1. The molecule has 2 aliphatic carbocycles. The quantitative estimate of drug-likeness (QED) is 0.858. The fraction of sp³-hybridized carbons (Fsp3) is 0.643. The zero-order valence-electron chi connectivity index (χ0n) is 11.3. The molecule has 0 radical (unpaired) electrons. The molecule has 0 aromatic carbocycles. The van der Waals surface area contributed by atoms with Crippen LogP contribution in [0.3, 0.4) is 0 Å². The minimum Gasteiger partial charge on any atom is -0.392 e. The zero-order chi connectivity index (χ0) is 14.2.